The van der Waals surface area contributed by atoms with Gasteiger partial charge in [-0.05, 0) is 83.5 Å². The highest BCUT2D eigenvalue weighted by Crippen LogP contribution is 2.19. The fraction of sp³-hybridized carbons (Fsp3) is 0.892. The zero-order valence-corrected chi connectivity index (χ0v) is 54.1. The second-order valence-electron chi connectivity index (χ2n) is 24.9. The standard InChI is InChI=1S/C74H141NO5/c1-3-5-7-9-11-13-15-17-18-19-20-31-34-37-40-43-46-50-54-58-62-66-72(77)71(70-76)75-73(78)67-63-59-55-51-47-44-41-38-35-32-29-27-25-23-21-22-24-26-28-30-33-36-39-42-45-49-53-57-61-65-69-80-74(79)68-64-60-56-52-48-16-14-12-10-8-6-4-2/h12,14,22,24,62,66,71-72,76-77H,3-11,13,15-21,23,25-61,63-65,67-70H2,1-2H3,(H,75,78)/b14-12-,24-22-,66-62+. The molecule has 0 spiro atoms. The van der Waals surface area contributed by atoms with Crippen LogP contribution in [0.15, 0.2) is 36.5 Å². The van der Waals surface area contributed by atoms with Crippen molar-refractivity contribution in [3.8, 4) is 0 Å². The Labute approximate surface area is 500 Å². The highest BCUT2D eigenvalue weighted by Gasteiger charge is 2.18. The molecule has 472 valence electrons. The molecule has 0 aliphatic carbocycles. The van der Waals surface area contributed by atoms with Crippen LogP contribution in [0.1, 0.15) is 399 Å². The van der Waals surface area contributed by atoms with Gasteiger partial charge in [0.25, 0.3) is 0 Å². The number of hydrogen-bond donors (Lipinski definition) is 3. The van der Waals surface area contributed by atoms with E-state index in [1.54, 1.807) is 6.08 Å². The first-order valence-electron chi connectivity index (χ1n) is 36.3. The third kappa shape index (κ3) is 65.2. The van der Waals surface area contributed by atoms with E-state index in [9.17, 15) is 19.8 Å². The van der Waals surface area contributed by atoms with Gasteiger partial charge in [-0.25, -0.2) is 0 Å². The quantitative estimate of drug-likeness (QED) is 0.0320. The van der Waals surface area contributed by atoms with Gasteiger partial charge in [-0.2, -0.15) is 0 Å². The molecule has 0 aromatic carbocycles. The molecule has 0 saturated heterocycles. The molecule has 0 fully saturated rings. The number of esters is 1. The highest BCUT2D eigenvalue weighted by atomic mass is 16.5. The minimum absolute atomic E-state index is 0.00704. The largest absolute Gasteiger partial charge is 0.466 e. The molecule has 0 aromatic rings. The molecule has 0 heterocycles. The van der Waals surface area contributed by atoms with Crippen LogP contribution >= 0.6 is 0 Å². The Hall–Kier alpha value is -1.92. The predicted octanol–water partition coefficient (Wildman–Crippen LogP) is 23.5. The van der Waals surface area contributed by atoms with E-state index >= 15 is 0 Å². The zero-order chi connectivity index (χ0) is 57.8. The minimum atomic E-state index is -0.845. The summed E-state index contributed by atoms with van der Waals surface area (Å²) >= 11 is 0. The molecular weight excluding hydrogens is 983 g/mol. The van der Waals surface area contributed by atoms with Crippen molar-refractivity contribution in [3.63, 3.8) is 0 Å². The second kappa shape index (κ2) is 69.6. The summed E-state index contributed by atoms with van der Waals surface area (Å²) in [6.45, 7) is 4.91. The lowest BCUT2D eigenvalue weighted by atomic mass is 10.0. The van der Waals surface area contributed by atoms with E-state index in [0.717, 1.165) is 44.9 Å². The van der Waals surface area contributed by atoms with E-state index < -0.39 is 12.1 Å². The summed E-state index contributed by atoms with van der Waals surface area (Å²) in [6, 6.07) is -0.628. The van der Waals surface area contributed by atoms with Gasteiger partial charge in [0.05, 0.1) is 25.4 Å². The van der Waals surface area contributed by atoms with Crippen molar-refractivity contribution in [1.29, 1.82) is 0 Å². The molecule has 0 aliphatic rings. The summed E-state index contributed by atoms with van der Waals surface area (Å²) in [5.74, 6) is -0.0556. The molecule has 0 bridgehead atoms. The van der Waals surface area contributed by atoms with Gasteiger partial charge < -0.3 is 20.3 Å². The summed E-state index contributed by atoms with van der Waals surface area (Å²) in [7, 11) is 0. The van der Waals surface area contributed by atoms with E-state index in [1.807, 2.05) is 6.08 Å². The lowest BCUT2D eigenvalue weighted by Gasteiger charge is -2.20. The van der Waals surface area contributed by atoms with Crippen molar-refractivity contribution in [2.45, 2.75) is 411 Å². The van der Waals surface area contributed by atoms with Crippen LogP contribution in [0.25, 0.3) is 0 Å². The van der Waals surface area contributed by atoms with Crippen molar-refractivity contribution >= 4 is 11.9 Å². The van der Waals surface area contributed by atoms with Gasteiger partial charge >= 0.3 is 5.97 Å². The van der Waals surface area contributed by atoms with Gasteiger partial charge in [-0.15, -0.1) is 0 Å². The molecule has 80 heavy (non-hydrogen) atoms. The van der Waals surface area contributed by atoms with Crippen molar-refractivity contribution in [1.82, 2.24) is 5.32 Å². The first-order chi connectivity index (χ1) is 39.5. The predicted molar refractivity (Wildman–Crippen MR) is 352 cm³/mol. The Morgan fingerprint density at radius 1 is 0.338 bits per heavy atom. The Morgan fingerprint density at radius 3 is 0.912 bits per heavy atom. The molecule has 6 nitrogen and oxygen atoms in total. The van der Waals surface area contributed by atoms with Gasteiger partial charge in [-0.3, -0.25) is 9.59 Å². The first-order valence-corrected chi connectivity index (χ1v) is 36.3. The van der Waals surface area contributed by atoms with Gasteiger partial charge in [0.15, 0.2) is 0 Å². The number of rotatable bonds is 68. The Bertz CT molecular complexity index is 1300. The summed E-state index contributed by atoms with van der Waals surface area (Å²) in [6.07, 6.45) is 89.5. The Morgan fingerprint density at radius 2 is 0.588 bits per heavy atom. The van der Waals surface area contributed by atoms with Crippen LogP contribution in [0.5, 0.6) is 0 Å². The minimum Gasteiger partial charge on any atom is -0.466 e. The lowest BCUT2D eigenvalue weighted by Crippen LogP contribution is -2.45. The van der Waals surface area contributed by atoms with E-state index in [0.29, 0.717) is 19.4 Å². The number of aliphatic hydroxyl groups is 2. The molecular formula is C74H141NO5. The van der Waals surface area contributed by atoms with Crippen molar-refractivity contribution in [3.05, 3.63) is 36.5 Å². The normalized spacial score (nSPS) is 12.7. The van der Waals surface area contributed by atoms with Gasteiger partial charge in [0.1, 0.15) is 0 Å². The summed E-state index contributed by atoms with van der Waals surface area (Å²) in [5.41, 5.74) is 0. The van der Waals surface area contributed by atoms with Crippen molar-refractivity contribution in [2.24, 2.45) is 0 Å². The second-order valence-corrected chi connectivity index (χ2v) is 24.9. The smallest absolute Gasteiger partial charge is 0.305 e. The number of amides is 1. The number of nitrogens with one attached hydrogen (secondary N) is 1. The number of ether oxygens (including phenoxy) is 1. The molecule has 2 unspecified atom stereocenters. The fourth-order valence-electron chi connectivity index (χ4n) is 11.3. The zero-order valence-electron chi connectivity index (χ0n) is 54.1. The van der Waals surface area contributed by atoms with Gasteiger partial charge in [0, 0.05) is 12.8 Å². The van der Waals surface area contributed by atoms with Crippen LogP contribution in [0.2, 0.25) is 0 Å². The number of carbonyl (C=O) groups excluding carboxylic acids is 2. The van der Waals surface area contributed by atoms with E-state index in [1.165, 1.54) is 327 Å². The molecule has 2 atom stereocenters. The number of allylic oxidation sites excluding steroid dienone is 5. The Balaban J connectivity index is 3.40. The highest BCUT2D eigenvalue weighted by molar-refractivity contribution is 5.76. The van der Waals surface area contributed by atoms with E-state index in [4.69, 9.17) is 4.74 Å². The van der Waals surface area contributed by atoms with Crippen LogP contribution in [-0.2, 0) is 14.3 Å². The van der Waals surface area contributed by atoms with Gasteiger partial charge in [-0.1, -0.05) is 339 Å². The van der Waals surface area contributed by atoms with Crippen molar-refractivity contribution in [2.75, 3.05) is 13.2 Å². The molecule has 0 saturated carbocycles. The number of unbranched alkanes of at least 4 members (excludes halogenated alkanes) is 53. The third-order valence-electron chi connectivity index (χ3n) is 16.9. The van der Waals surface area contributed by atoms with Gasteiger partial charge in [0.2, 0.25) is 5.91 Å². The van der Waals surface area contributed by atoms with E-state index in [2.05, 4.69) is 43.5 Å². The topological polar surface area (TPSA) is 95.9 Å². The SMILES string of the molecule is CCCCC/C=C\CCCCCCCC(=O)OCCCCCCCCCCCCCC/C=C\CCCCCCCCCCCCCCCCC(=O)NC(CO)C(O)/C=C/CCCCCCCCCCCCCCCCCCCCC. The first kappa shape index (κ1) is 78.1. The van der Waals surface area contributed by atoms with Crippen LogP contribution in [0, 0.1) is 0 Å². The van der Waals surface area contributed by atoms with Crippen LogP contribution in [0.3, 0.4) is 0 Å². The van der Waals surface area contributed by atoms with Crippen molar-refractivity contribution < 1.29 is 24.5 Å². The lowest BCUT2D eigenvalue weighted by molar-refractivity contribution is -0.143. The maximum Gasteiger partial charge on any atom is 0.305 e. The molecule has 3 N–H and O–H groups in total. The molecule has 6 heteroatoms. The van der Waals surface area contributed by atoms with E-state index in [-0.39, 0.29) is 18.5 Å². The molecule has 0 radical (unpaired) electrons. The number of hydrogen-bond acceptors (Lipinski definition) is 5. The average molecular weight is 1120 g/mol. The van der Waals surface area contributed by atoms with Crippen LogP contribution in [0.4, 0.5) is 0 Å². The van der Waals surface area contributed by atoms with Crippen LogP contribution < -0.4 is 5.32 Å². The Kier molecular flexibility index (Phi) is 67.9. The maximum atomic E-state index is 12.5. The van der Waals surface area contributed by atoms with Crippen LogP contribution in [-0.4, -0.2) is 47.4 Å². The molecule has 1 amide bonds. The monoisotopic (exact) mass is 1120 g/mol. The third-order valence-corrected chi connectivity index (χ3v) is 16.9. The maximum absolute atomic E-state index is 12.5. The fourth-order valence-corrected chi connectivity index (χ4v) is 11.3. The summed E-state index contributed by atoms with van der Waals surface area (Å²) in [5, 5.41) is 23.3. The average Bonchev–Trinajstić information content (AvgIpc) is 3.46. The number of carbonyl (C=O) groups is 2. The molecule has 0 aromatic heterocycles. The number of aliphatic hydroxyl groups excluding tert-OH is 2. The molecule has 0 rings (SSSR count). The summed E-state index contributed by atoms with van der Waals surface area (Å²) in [4.78, 5) is 24.6. The summed E-state index contributed by atoms with van der Waals surface area (Å²) < 4.78 is 5.47. The molecule has 0 aliphatic heterocycles.